The Morgan fingerprint density at radius 1 is 1.69 bits per heavy atom. The molecular weight excluding hydrogens is 164 g/mol. The molecule has 4 nitrogen and oxygen atoms in total. The van der Waals surface area contributed by atoms with Crippen molar-refractivity contribution in [3.05, 3.63) is 24.0 Å². The average molecular weight is 178 g/mol. The first-order valence-electron chi connectivity index (χ1n) is 4.42. The molecule has 3 N–H and O–H groups in total. The fourth-order valence-corrected chi connectivity index (χ4v) is 1.54. The molecule has 1 aliphatic rings. The van der Waals surface area contributed by atoms with Crippen molar-refractivity contribution in [1.29, 1.82) is 0 Å². The van der Waals surface area contributed by atoms with Gasteiger partial charge < -0.3 is 11.1 Å². The molecule has 0 aliphatic carbocycles. The molecule has 70 valence electrons. The summed E-state index contributed by atoms with van der Waals surface area (Å²) in [5.41, 5.74) is 8.20. The predicted octanol–water partition coefficient (Wildman–Crippen LogP) is -0.266. The summed E-state index contributed by atoms with van der Waals surface area (Å²) in [6, 6.07) is 0.129. The van der Waals surface area contributed by atoms with E-state index < -0.39 is 0 Å². The minimum atomic E-state index is 0.129. The van der Waals surface area contributed by atoms with Gasteiger partial charge in [0, 0.05) is 37.9 Å². The number of rotatable bonds is 1. The smallest absolute Gasteiger partial charge is 0.0565 e. The number of aryl methyl sites for hydroxylation is 1. The van der Waals surface area contributed by atoms with Gasteiger partial charge in [0.05, 0.1) is 6.20 Å². The van der Waals surface area contributed by atoms with Gasteiger partial charge in [-0.05, 0) is 5.57 Å². The van der Waals surface area contributed by atoms with Gasteiger partial charge in [-0.1, -0.05) is 6.08 Å². The summed E-state index contributed by atoms with van der Waals surface area (Å²) in [7, 11) is 1.92. The lowest BCUT2D eigenvalue weighted by Crippen LogP contribution is -2.37. The van der Waals surface area contributed by atoms with Crippen LogP contribution in [0.3, 0.4) is 0 Å². The van der Waals surface area contributed by atoms with Crippen molar-refractivity contribution in [1.82, 2.24) is 15.1 Å². The van der Waals surface area contributed by atoms with Crippen LogP contribution in [0.5, 0.6) is 0 Å². The highest BCUT2D eigenvalue weighted by Crippen LogP contribution is 2.14. The van der Waals surface area contributed by atoms with Crippen LogP contribution < -0.4 is 11.1 Å². The van der Waals surface area contributed by atoms with Crippen LogP contribution in [0.15, 0.2) is 18.5 Å². The van der Waals surface area contributed by atoms with Crippen LogP contribution in [0.4, 0.5) is 0 Å². The van der Waals surface area contributed by atoms with E-state index in [1.807, 2.05) is 19.4 Å². The van der Waals surface area contributed by atoms with E-state index in [0.717, 1.165) is 18.7 Å². The SMILES string of the molecule is Cn1cc(C2=CC(N)CNC2)cn1. The lowest BCUT2D eigenvalue weighted by Gasteiger charge is -2.18. The Morgan fingerprint density at radius 3 is 3.15 bits per heavy atom. The molecule has 13 heavy (non-hydrogen) atoms. The Hall–Kier alpha value is -1.13. The minimum absolute atomic E-state index is 0.129. The zero-order valence-corrected chi connectivity index (χ0v) is 7.70. The summed E-state index contributed by atoms with van der Waals surface area (Å²) >= 11 is 0. The van der Waals surface area contributed by atoms with E-state index in [0.29, 0.717) is 0 Å². The molecule has 0 saturated heterocycles. The molecular formula is C9H14N4. The molecule has 1 aromatic rings. The maximum absolute atomic E-state index is 5.80. The van der Waals surface area contributed by atoms with Crippen molar-refractivity contribution < 1.29 is 0 Å². The zero-order chi connectivity index (χ0) is 9.26. The van der Waals surface area contributed by atoms with Crippen molar-refractivity contribution in [2.24, 2.45) is 12.8 Å². The van der Waals surface area contributed by atoms with Gasteiger partial charge in [-0.3, -0.25) is 4.68 Å². The summed E-state index contributed by atoms with van der Waals surface area (Å²) in [5, 5.41) is 7.39. The van der Waals surface area contributed by atoms with Crippen LogP contribution in [0, 0.1) is 0 Å². The van der Waals surface area contributed by atoms with Crippen LogP contribution in [0.1, 0.15) is 5.56 Å². The maximum Gasteiger partial charge on any atom is 0.0565 e. The first-order chi connectivity index (χ1) is 6.25. The van der Waals surface area contributed by atoms with Crippen molar-refractivity contribution in [2.75, 3.05) is 13.1 Å². The minimum Gasteiger partial charge on any atom is -0.323 e. The molecule has 1 unspecified atom stereocenters. The summed E-state index contributed by atoms with van der Waals surface area (Å²) < 4.78 is 1.80. The molecule has 0 radical (unpaired) electrons. The van der Waals surface area contributed by atoms with Gasteiger partial charge >= 0.3 is 0 Å². The van der Waals surface area contributed by atoms with Crippen LogP contribution in [0.2, 0.25) is 0 Å². The Kier molecular flexibility index (Phi) is 2.16. The monoisotopic (exact) mass is 178 g/mol. The number of nitrogens with two attached hydrogens (primary N) is 1. The van der Waals surface area contributed by atoms with E-state index in [2.05, 4.69) is 16.5 Å². The third kappa shape index (κ3) is 1.79. The van der Waals surface area contributed by atoms with Crippen molar-refractivity contribution in [3.63, 3.8) is 0 Å². The fraction of sp³-hybridized carbons (Fsp3) is 0.444. The molecule has 0 amide bonds. The molecule has 0 aromatic carbocycles. The highest BCUT2D eigenvalue weighted by molar-refractivity contribution is 5.67. The number of hydrogen-bond donors (Lipinski definition) is 2. The molecule has 1 atom stereocenters. The summed E-state index contributed by atoms with van der Waals surface area (Å²) in [4.78, 5) is 0. The number of nitrogens with one attached hydrogen (secondary N) is 1. The van der Waals surface area contributed by atoms with Gasteiger partial charge in [-0.25, -0.2) is 0 Å². The Bertz CT molecular complexity index is 326. The third-order valence-electron chi connectivity index (χ3n) is 2.19. The Labute approximate surface area is 77.4 Å². The number of hydrogen-bond acceptors (Lipinski definition) is 3. The Balaban J connectivity index is 2.25. The first-order valence-corrected chi connectivity index (χ1v) is 4.42. The topological polar surface area (TPSA) is 55.9 Å². The predicted molar refractivity (Wildman–Crippen MR) is 52.0 cm³/mol. The highest BCUT2D eigenvalue weighted by atomic mass is 15.2. The van der Waals surface area contributed by atoms with Crippen molar-refractivity contribution in [2.45, 2.75) is 6.04 Å². The molecule has 1 aliphatic heterocycles. The fourth-order valence-electron chi connectivity index (χ4n) is 1.54. The largest absolute Gasteiger partial charge is 0.323 e. The Morgan fingerprint density at radius 2 is 2.54 bits per heavy atom. The van der Waals surface area contributed by atoms with E-state index >= 15 is 0 Å². The van der Waals surface area contributed by atoms with E-state index in [9.17, 15) is 0 Å². The van der Waals surface area contributed by atoms with Crippen molar-refractivity contribution >= 4 is 5.57 Å². The van der Waals surface area contributed by atoms with Crippen LogP contribution in [-0.4, -0.2) is 28.9 Å². The van der Waals surface area contributed by atoms with E-state index in [1.165, 1.54) is 5.57 Å². The second-order valence-corrected chi connectivity index (χ2v) is 3.39. The van der Waals surface area contributed by atoms with Crippen LogP contribution >= 0.6 is 0 Å². The second-order valence-electron chi connectivity index (χ2n) is 3.39. The molecule has 4 heteroatoms. The van der Waals surface area contributed by atoms with E-state index in [1.54, 1.807) is 4.68 Å². The molecule has 0 saturated carbocycles. The van der Waals surface area contributed by atoms with Gasteiger partial charge in [0.25, 0.3) is 0 Å². The lowest BCUT2D eigenvalue weighted by molar-refractivity contribution is 0.663. The maximum atomic E-state index is 5.80. The molecule has 2 heterocycles. The molecule has 2 rings (SSSR count). The lowest BCUT2D eigenvalue weighted by atomic mass is 10.0. The van der Waals surface area contributed by atoms with E-state index in [-0.39, 0.29) is 6.04 Å². The molecule has 0 spiro atoms. The molecule has 0 fully saturated rings. The van der Waals surface area contributed by atoms with Crippen molar-refractivity contribution in [3.8, 4) is 0 Å². The van der Waals surface area contributed by atoms with E-state index in [4.69, 9.17) is 5.73 Å². The quantitative estimate of drug-likeness (QED) is 0.622. The number of nitrogens with zero attached hydrogens (tertiary/aromatic N) is 2. The summed E-state index contributed by atoms with van der Waals surface area (Å²) in [6.07, 6.45) is 5.98. The van der Waals surface area contributed by atoms with Crippen LogP contribution in [0.25, 0.3) is 5.57 Å². The average Bonchev–Trinajstić information content (AvgIpc) is 2.52. The van der Waals surface area contributed by atoms with Gasteiger partial charge in [-0.15, -0.1) is 0 Å². The summed E-state index contributed by atoms with van der Waals surface area (Å²) in [6.45, 7) is 1.75. The number of aromatic nitrogens is 2. The first kappa shape index (κ1) is 8.47. The standard InChI is InChI=1S/C9H14N4/c1-13-6-8(4-12-13)7-2-9(10)5-11-3-7/h2,4,6,9,11H,3,5,10H2,1H3. The van der Waals surface area contributed by atoms with Gasteiger partial charge in [0.1, 0.15) is 0 Å². The van der Waals surface area contributed by atoms with Gasteiger partial charge in [0.2, 0.25) is 0 Å². The normalized spacial score (nSPS) is 22.9. The molecule has 1 aromatic heterocycles. The van der Waals surface area contributed by atoms with Gasteiger partial charge in [-0.2, -0.15) is 5.10 Å². The molecule has 0 bridgehead atoms. The zero-order valence-electron chi connectivity index (χ0n) is 7.70. The summed E-state index contributed by atoms with van der Waals surface area (Å²) in [5.74, 6) is 0. The second kappa shape index (κ2) is 3.32. The van der Waals surface area contributed by atoms with Gasteiger partial charge in [0.15, 0.2) is 0 Å². The third-order valence-corrected chi connectivity index (χ3v) is 2.19. The van der Waals surface area contributed by atoms with Crippen LogP contribution in [-0.2, 0) is 7.05 Å². The highest BCUT2D eigenvalue weighted by Gasteiger charge is 2.11.